The molecule has 1 aliphatic rings. The molecule has 0 radical (unpaired) electrons. The van der Waals surface area contributed by atoms with Crippen LogP contribution in [0.3, 0.4) is 0 Å². The summed E-state index contributed by atoms with van der Waals surface area (Å²) in [6.45, 7) is 2.16. The second-order valence-electron chi connectivity index (χ2n) is 9.74. The van der Waals surface area contributed by atoms with E-state index in [1.807, 2.05) is 4.90 Å². The Morgan fingerprint density at radius 1 is 0.950 bits per heavy atom. The van der Waals surface area contributed by atoms with Gasteiger partial charge in [0.05, 0.1) is 16.2 Å². The van der Waals surface area contributed by atoms with E-state index in [0.717, 1.165) is 23.3 Å². The number of piperidine rings is 1. The number of carbonyl (C=O) groups is 2. The second kappa shape index (κ2) is 11.7. The first kappa shape index (κ1) is 29.1. The average molecular weight is 574 g/mol. The van der Waals surface area contributed by atoms with Crippen molar-refractivity contribution in [3.8, 4) is 0 Å². The summed E-state index contributed by atoms with van der Waals surface area (Å²) in [5.41, 5.74) is 7.49. The molecule has 3 aromatic carbocycles. The molecule has 2 atom stereocenters. The van der Waals surface area contributed by atoms with Crippen molar-refractivity contribution in [3.63, 3.8) is 0 Å². The number of nitrogens with zero attached hydrogens (tertiary/aromatic N) is 1. The fraction of sp³-hybridized carbons (Fsp3) is 0.310. The highest BCUT2D eigenvalue weighted by molar-refractivity contribution is 7.91. The highest BCUT2D eigenvalue weighted by atomic mass is 32.2. The molecule has 7 nitrogen and oxygen atoms in total. The number of hydrogen-bond acceptors (Lipinski definition) is 5. The number of sulfone groups is 1. The zero-order valence-electron chi connectivity index (χ0n) is 21.8. The van der Waals surface area contributed by atoms with Gasteiger partial charge in [0.1, 0.15) is 6.04 Å². The lowest BCUT2D eigenvalue weighted by Gasteiger charge is -2.40. The monoisotopic (exact) mass is 573 g/mol. The van der Waals surface area contributed by atoms with Crippen molar-refractivity contribution in [2.45, 2.75) is 49.3 Å². The molecule has 0 bridgehead atoms. The summed E-state index contributed by atoms with van der Waals surface area (Å²) in [5.74, 6) is -0.915. The molecule has 3 aromatic rings. The van der Waals surface area contributed by atoms with Crippen LogP contribution >= 0.6 is 0 Å². The van der Waals surface area contributed by atoms with Gasteiger partial charge in [-0.15, -0.1) is 0 Å². The van der Waals surface area contributed by atoms with Gasteiger partial charge in [-0.2, -0.15) is 13.2 Å². The van der Waals surface area contributed by atoms with E-state index in [1.165, 1.54) is 24.3 Å². The normalized spacial score (nSPS) is 17.9. The number of halogens is 3. The number of primary amides is 1. The van der Waals surface area contributed by atoms with E-state index < -0.39 is 33.5 Å². The molecule has 1 unspecified atom stereocenters. The van der Waals surface area contributed by atoms with E-state index in [0.29, 0.717) is 30.6 Å². The van der Waals surface area contributed by atoms with Crippen LogP contribution in [0.2, 0.25) is 0 Å². The van der Waals surface area contributed by atoms with Gasteiger partial charge in [-0.1, -0.05) is 31.2 Å². The minimum Gasteiger partial charge on any atom is -0.368 e. The smallest absolute Gasteiger partial charge is 0.368 e. The molecular formula is C29H30F3N3O4S. The van der Waals surface area contributed by atoms with Crippen LogP contribution in [0.25, 0.3) is 0 Å². The van der Waals surface area contributed by atoms with E-state index in [1.54, 1.807) is 43.3 Å². The lowest BCUT2D eigenvalue weighted by molar-refractivity contribution is -0.137. The molecule has 3 N–H and O–H groups in total. The molecule has 4 rings (SSSR count). The molecular weight excluding hydrogens is 543 g/mol. The Morgan fingerprint density at radius 3 is 2.12 bits per heavy atom. The summed E-state index contributed by atoms with van der Waals surface area (Å²) < 4.78 is 62.8. The van der Waals surface area contributed by atoms with Crippen LogP contribution in [0.5, 0.6) is 0 Å². The largest absolute Gasteiger partial charge is 0.416 e. The van der Waals surface area contributed by atoms with Crippen molar-refractivity contribution < 1.29 is 31.2 Å². The summed E-state index contributed by atoms with van der Waals surface area (Å²) in [6.07, 6.45) is -3.37. The Balaban J connectivity index is 1.43. The van der Waals surface area contributed by atoms with Crippen molar-refractivity contribution in [3.05, 3.63) is 95.1 Å². The van der Waals surface area contributed by atoms with E-state index in [-0.39, 0.29) is 29.0 Å². The topological polar surface area (TPSA) is 110 Å². The molecule has 0 saturated carbocycles. The molecule has 2 amide bonds. The predicted molar refractivity (Wildman–Crippen MR) is 146 cm³/mol. The van der Waals surface area contributed by atoms with Gasteiger partial charge in [0.15, 0.2) is 9.84 Å². The first-order valence-corrected chi connectivity index (χ1v) is 14.5. The standard InChI is InChI=1S/C29H30F3N3O4S/c1-2-40(38,39)25-14-3-19(4-15-25)17-34-28(37)21-7-12-24(13-8-21)35-18-22(9-16-26(35)27(33)36)20-5-10-23(11-6-20)29(30,31)32/h3-8,10-15,22,26H,2,9,16-18H2,1H3,(H2,33,36)(H,34,37)/t22?,26-/m0/s1. The van der Waals surface area contributed by atoms with Crippen LogP contribution in [0, 0.1) is 0 Å². The van der Waals surface area contributed by atoms with E-state index in [9.17, 15) is 31.2 Å². The summed E-state index contributed by atoms with van der Waals surface area (Å²) in [6, 6.07) is 17.5. The van der Waals surface area contributed by atoms with Gasteiger partial charge in [-0.3, -0.25) is 9.59 Å². The number of hydrogen-bond donors (Lipinski definition) is 2. The number of carbonyl (C=O) groups excluding carboxylic acids is 2. The molecule has 1 aliphatic heterocycles. The van der Waals surface area contributed by atoms with E-state index in [2.05, 4.69) is 5.32 Å². The Hall–Kier alpha value is -3.86. The maximum atomic E-state index is 13.0. The van der Waals surface area contributed by atoms with E-state index >= 15 is 0 Å². The minimum absolute atomic E-state index is 0.00635. The minimum atomic E-state index is -4.41. The average Bonchev–Trinajstić information content (AvgIpc) is 2.95. The van der Waals surface area contributed by atoms with E-state index in [4.69, 9.17) is 5.73 Å². The summed E-state index contributed by atoms with van der Waals surface area (Å²) in [7, 11) is -3.30. The molecule has 0 spiro atoms. The maximum absolute atomic E-state index is 13.0. The van der Waals surface area contributed by atoms with Gasteiger partial charge in [0.2, 0.25) is 5.91 Å². The zero-order chi connectivity index (χ0) is 29.1. The van der Waals surface area contributed by atoms with Gasteiger partial charge < -0.3 is 16.0 Å². The Labute approximate surface area is 231 Å². The SMILES string of the molecule is CCS(=O)(=O)c1ccc(CNC(=O)c2ccc(N3CC(c4ccc(C(F)(F)F)cc4)CC[C@H]3C(N)=O)cc2)cc1. The second-order valence-corrected chi connectivity index (χ2v) is 12.0. The summed E-state index contributed by atoms with van der Waals surface area (Å²) in [4.78, 5) is 27.0. The third-order valence-corrected chi connectivity index (χ3v) is 8.95. The van der Waals surface area contributed by atoms with Crippen molar-refractivity contribution in [1.29, 1.82) is 0 Å². The fourth-order valence-electron chi connectivity index (χ4n) is 4.84. The number of alkyl halides is 3. The first-order chi connectivity index (χ1) is 18.9. The Morgan fingerprint density at radius 2 is 1.57 bits per heavy atom. The molecule has 40 heavy (non-hydrogen) atoms. The Bertz CT molecular complexity index is 1460. The predicted octanol–water partition coefficient (Wildman–Crippen LogP) is 4.67. The van der Waals surface area contributed by atoms with Gasteiger partial charge in [0.25, 0.3) is 5.91 Å². The van der Waals surface area contributed by atoms with Crippen LogP contribution in [0.15, 0.2) is 77.7 Å². The van der Waals surface area contributed by atoms with Crippen LogP contribution in [0.1, 0.15) is 52.7 Å². The molecule has 11 heteroatoms. The molecule has 1 fully saturated rings. The molecule has 0 aliphatic carbocycles. The fourth-order valence-corrected chi connectivity index (χ4v) is 5.72. The summed E-state index contributed by atoms with van der Waals surface area (Å²) >= 11 is 0. The van der Waals surface area contributed by atoms with Gasteiger partial charge in [0, 0.05) is 30.3 Å². The third-order valence-electron chi connectivity index (χ3n) is 7.20. The number of nitrogens with two attached hydrogens (primary N) is 1. The van der Waals surface area contributed by atoms with Gasteiger partial charge >= 0.3 is 6.18 Å². The lowest BCUT2D eigenvalue weighted by Crippen LogP contribution is -2.50. The van der Waals surface area contributed by atoms with Gasteiger partial charge in [-0.05, 0) is 72.5 Å². The zero-order valence-corrected chi connectivity index (χ0v) is 22.6. The number of nitrogens with one attached hydrogen (secondary N) is 1. The maximum Gasteiger partial charge on any atom is 0.416 e. The highest BCUT2D eigenvalue weighted by Gasteiger charge is 2.34. The van der Waals surface area contributed by atoms with Crippen molar-refractivity contribution >= 4 is 27.3 Å². The number of anilines is 1. The van der Waals surface area contributed by atoms with Gasteiger partial charge in [-0.25, -0.2) is 8.42 Å². The number of rotatable bonds is 8. The van der Waals surface area contributed by atoms with Crippen LogP contribution in [0.4, 0.5) is 18.9 Å². The van der Waals surface area contributed by atoms with Crippen LogP contribution < -0.4 is 16.0 Å². The highest BCUT2D eigenvalue weighted by Crippen LogP contribution is 2.35. The van der Waals surface area contributed by atoms with Crippen molar-refractivity contribution in [1.82, 2.24) is 5.32 Å². The molecule has 212 valence electrons. The summed E-state index contributed by atoms with van der Waals surface area (Å²) in [5, 5.41) is 2.80. The third kappa shape index (κ3) is 6.64. The molecule has 1 heterocycles. The Kier molecular flexibility index (Phi) is 8.53. The number of amides is 2. The van der Waals surface area contributed by atoms with Crippen molar-refractivity contribution in [2.24, 2.45) is 5.73 Å². The van der Waals surface area contributed by atoms with Crippen LogP contribution in [-0.2, 0) is 27.4 Å². The first-order valence-electron chi connectivity index (χ1n) is 12.8. The quantitative estimate of drug-likeness (QED) is 0.407. The lowest BCUT2D eigenvalue weighted by atomic mass is 9.86. The van der Waals surface area contributed by atoms with Crippen LogP contribution in [-0.4, -0.2) is 38.6 Å². The van der Waals surface area contributed by atoms with Crippen molar-refractivity contribution in [2.75, 3.05) is 17.2 Å². The number of benzene rings is 3. The molecule has 1 saturated heterocycles. The molecule has 0 aromatic heterocycles.